The van der Waals surface area contributed by atoms with Gasteiger partial charge in [0.25, 0.3) is 0 Å². The standard InChI is InChI=1S/C14H17FO2/c1-10(16)11-4-2-5-12(8-11)14(15)13-6-3-7-17-9-13/h2,4-5,8,13-14H,3,6-7,9H2,1H3. The number of alkyl halides is 1. The normalized spacial score (nSPS) is 22.1. The molecular formula is C14H17FO2. The van der Waals surface area contributed by atoms with E-state index in [1.54, 1.807) is 24.3 Å². The molecule has 0 aliphatic carbocycles. The molecule has 1 heterocycles. The van der Waals surface area contributed by atoms with Crippen molar-refractivity contribution in [3.05, 3.63) is 35.4 Å². The van der Waals surface area contributed by atoms with E-state index in [0.717, 1.165) is 19.4 Å². The van der Waals surface area contributed by atoms with E-state index in [4.69, 9.17) is 4.74 Å². The lowest BCUT2D eigenvalue weighted by Gasteiger charge is -2.25. The molecule has 1 saturated heterocycles. The molecule has 2 atom stereocenters. The molecule has 1 aromatic rings. The summed E-state index contributed by atoms with van der Waals surface area (Å²) >= 11 is 0. The Labute approximate surface area is 101 Å². The van der Waals surface area contributed by atoms with Gasteiger partial charge in [-0.1, -0.05) is 18.2 Å². The van der Waals surface area contributed by atoms with E-state index in [-0.39, 0.29) is 11.7 Å². The van der Waals surface area contributed by atoms with Crippen LogP contribution in [0, 0.1) is 5.92 Å². The van der Waals surface area contributed by atoms with E-state index in [1.807, 2.05) is 0 Å². The van der Waals surface area contributed by atoms with Gasteiger partial charge in [-0.15, -0.1) is 0 Å². The monoisotopic (exact) mass is 236 g/mol. The van der Waals surface area contributed by atoms with Crippen molar-refractivity contribution in [2.75, 3.05) is 13.2 Å². The SMILES string of the molecule is CC(=O)c1cccc(C(F)C2CCCOC2)c1. The maximum atomic E-state index is 14.3. The first-order valence-electron chi connectivity index (χ1n) is 6.01. The number of halogens is 1. The second-order valence-corrected chi connectivity index (χ2v) is 4.56. The van der Waals surface area contributed by atoms with Crippen LogP contribution in [0.1, 0.15) is 41.9 Å². The summed E-state index contributed by atoms with van der Waals surface area (Å²) < 4.78 is 19.6. The van der Waals surface area contributed by atoms with Crippen molar-refractivity contribution in [2.45, 2.75) is 25.9 Å². The number of hydrogen-bond donors (Lipinski definition) is 0. The van der Waals surface area contributed by atoms with Crippen molar-refractivity contribution in [3.63, 3.8) is 0 Å². The Morgan fingerprint density at radius 2 is 2.35 bits per heavy atom. The Morgan fingerprint density at radius 1 is 1.53 bits per heavy atom. The summed E-state index contributed by atoms with van der Waals surface area (Å²) in [5.41, 5.74) is 1.16. The molecule has 17 heavy (non-hydrogen) atoms. The van der Waals surface area contributed by atoms with Gasteiger partial charge in [0.05, 0.1) is 6.61 Å². The molecule has 1 fully saturated rings. The van der Waals surface area contributed by atoms with Gasteiger partial charge in [-0.05, 0) is 31.4 Å². The zero-order chi connectivity index (χ0) is 12.3. The third kappa shape index (κ3) is 2.91. The molecule has 92 valence electrons. The van der Waals surface area contributed by atoms with Crippen LogP contribution in [0.15, 0.2) is 24.3 Å². The first kappa shape index (κ1) is 12.2. The lowest BCUT2D eigenvalue weighted by molar-refractivity contribution is 0.0197. The van der Waals surface area contributed by atoms with E-state index in [1.165, 1.54) is 6.92 Å². The Kier molecular flexibility index (Phi) is 3.89. The van der Waals surface area contributed by atoms with Crippen molar-refractivity contribution in [1.29, 1.82) is 0 Å². The number of ketones is 1. The zero-order valence-electron chi connectivity index (χ0n) is 9.99. The van der Waals surface area contributed by atoms with Crippen LogP contribution >= 0.6 is 0 Å². The summed E-state index contributed by atoms with van der Waals surface area (Å²) in [7, 11) is 0. The molecule has 0 saturated carbocycles. The fraction of sp³-hybridized carbons (Fsp3) is 0.500. The molecule has 2 rings (SSSR count). The molecule has 1 aliphatic rings. The van der Waals surface area contributed by atoms with Gasteiger partial charge in [-0.25, -0.2) is 4.39 Å². The highest BCUT2D eigenvalue weighted by Crippen LogP contribution is 2.32. The molecule has 3 heteroatoms. The summed E-state index contributed by atoms with van der Waals surface area (Å²) in [6, 6.07) is 6.85. The van der Waals surface area contributed by atoms with Gasteiger partial charge in [0.2, 0.25) is 0 Å². The quantitative estimate of drug-likeness (QED) is 0.752. The molecule has 2 unspecified atom stereocenters. The minimum Gasteiger partial charge on any atom is -0.381 e. The zero-order valence-corrected chi connectivity index (χ0v) is 9.99. The first-order valence-corrected chi connectivity index (χ1v) is 6.01. The van der Waals surface area contributed by atoms with Gasteiger partial charge in [0.1, 0.15) is 6.17 Å². The van der Waals surface area contributed by atoms with Crippen molar-refractivity contribution in [2.24, 2.45) is 5.92 Å². The average molecular weight is 236 g/mol. The van der Waals surface area contributed by atoms with Crippen LogP contribution in [0.3, 0.4) is 0 Å². The van der Waals surface area contributed by atoms with E-state index in [9.17, 15) is 9.18 Å². The van der Waals surface area contributed by atoms with Gasteiger partial charge < -0.3 is 4.74 Å². The van der Waals surface area contributed by atoms with E-state index in [0.29, 0.717) is 17.7 Å². The molecule has 0 spiro atoms. The Balaban J connectivity index is 2.14. The number of benzene rings is 1. The molecule has 0 amide bonds. The molecule has 0 N–H and O–H groups in total. The molecule has 0 radical (unpaired) electrons. The molecule has 2 nitrogen and oxygen atoms in total. The fourth-order valence-corrected chi connectivity index (χ4v) is 2.20. The second kappa shape index (κ2) is 5.41. The number of Topliss-reactive ketones (excluding diaryl/α,β-unsaturated/α-hetero) is 1. The Bertz CT molecular complexity index is 397. The third-order valence-corrected chi connectivity index (χ3v) is 3.22. The van der Waals surface area contributed by atoms with Crippen LogP contribution in [0.5, 0.6) is 0 Å². The Morgan fingerprint density at radius 3 is 3.00 bits per heavy atom. The summed E-state index contributed by atoms with van der Waals surface area (Å²) in [6.07, 6.45) is 0.734. The molecular weight excluding hydrogens is 219 g/mol. The van der Waals surface area contributed by atoms with Crippen molar-refractivity contribution in [1.82, 2.24) is 0 Å². The fourth-order valence-electron chi connectivity index (χ4n) is 2.20. The second-order valence-electron chi connectivity index (χ2n) is 4.56. The van der Waals surface area contributed by atoms with Crippen LogP contribution in [0.25, 0.3) is 0 Å². The number of carbonyl (C=O) groups excluding carboxylic acids is 1. The van der Waals surface area contributed by atoms with Crippen LogP contribution in [-0.2, 0) is 4.74 Å². The third-order valence-electron chi connectivity index (χ3n) is 3.22. The highest BCUT2D eigenvalue weighted by Gasteiger charge is 2.25. The van der Waals surface area contributed by atoms with Gasteiger partial charge in [0, 0.05) is 18.1 Å². The van der Waals surface area contributed by atoms with Crippen LogP contribution in [0.4, 0.5) is 4.39 Å². The molecule has 0 aromatic heterocycles. The van der Waals surface area contributed by atoms with Crippen LogP contribution in [-0.4, -0.2) is 19.0 Å². The number of carbonyl (C=O) groups is 1. The highest BCUT2D eigenvalue weighted by atomic mass is 19.1. The van der Waals surface area contributed by atoms with Crippen molar-refractivity contribution < 1.29 is 13.9 Å². The minimum atomic E-state index is -1.03. The van der Waals surface area contributed by atoms with Crippen molar-refractivity contribution >= 4 is 5.78 Å². The van der Waals surface area contributed by atoms with E-state index >= 15 is 0 Å². The summed E-state index contributed by atoms with van der Waals surface area (Å²) in [5, 5.41) is 0. The summed E-state index contributed by atoms with van der Waals surface area (Å²) in [5.74, 6) is -0.107. The largest absolute Gasteiger partial charge is 0.381 e. The van der Waals surface area contributed by atoms with Crippen LogP contribution in [0.2, 0.25) is 0 Å². The lowest BCUT2D eigenvalue weighted by Crippen LogP contribution is -2.21. The maximum absolute atomic E-state index is 14.3. The minimum absolute atomic E-state index is 0.0288. The summed E-state index contributed by atoms with van der Waals surface area (Å²) in [6.45, 7) is 2.71. The summed E-state index contributed by atoms with van der Waals surface area (Å²) in [4.78, 5) is 11.2. The number of rotatable bonds is 3. The van der Waals surface area contributed by atoms with Gasteiger partial charge >= 0.3 is 0 Å². The van der Waals surface area contributed by atoms with Gasteiger partial charge in [-0.2, -0.15) is 0 Å². The smallest absolute Gasteiger partial charge is 0.159 e. The predicted molar refractivity (Wildman–Crippen MR) is 63.8 cm³/mol. The van der Waals surface area contributed by atoms with E-state index < -0.39 is 6.17 Å². The van der Waals surface area contributed by atoms with Crippen LogP contribution < -0.4 is 0 Å². The van der Waals surface area contributed by atoms with E-state index in [2.05, 4.69) is 0 Å². The number of hydrogen-bond acceptors (Lipinski definition) is 2. The Hall–Kier alpha value is -1.22. The maximum Gasteiger partial charge on any atom is 0.159 e. The topological polar surface area (TPSA) is 26.3 Å². The number of ether oxygens (including phenoxy) is 1. The van der Waals surface area contributed by atoms with Gasteiger partial charge in [0.15, 0.2) is 5.78 Å². The van der Waals surface area contributed by atoms with Gasteiger partial charge in [-0.3, -0.25) is 4.79 Å². The predicted octanol–water partition coefficient (Wildman–Crippen LogP) is 3.33. The highest BCUT2D eigenvalue weighted by molar-refractivity contribution is 5.94. The lowest BCUT2D eigenvalue weighted by atomic mass is 9.91. The first-order chi connectivity index (χ1) is 8.18. The molecule has 1 aliphatic heterocycles. The molecule has 0 bridgehead atoms. The average Bonchev–Trinajstić information content (AvgIpc) is 2.39. The molecule has 1 aromatic carbocycles. The van der Waals surface area contributed by atoms with Crippen molar-refractivity contribution in [3.8, 4) is 0 Å².